The molecule has 0 unspecified atom stereocenters. The van der Waals surface area contributed by atoms with Crippen molar-refractivity contribution in [3.8, 4) is 17.2 Å². The van der Waals surface area contributed by atoms with E-state index in [1.807, 2.05) is 43.6 Å². The van der Waals surface area contributed by atoms with Gasteiger partial charge in [-0.1, -0.05) is 24.3 Å². The van der Waals surface area contributed by atoms with Crippen molar-refractivity contribution in [3.05, 3.63) is 83.7 Å². The van der Waals surface area contributed by atoms with E-state index in [9.17, 15) is 0 Å². The molecule has 9 nitrogen and oxygen atoms in total. The lowest BCUT2D eigenvalue weighted by molar-refractivity contribution is -0.159. The third kappa shape index (κ3) is 8.31. The van der Waals surface area contributed by atoms with Crippen molar-refractivity contribution < 1.29 is 34.0 Å². The van der Waals surface area contributed by atoms with Gasteiger partial charge in [0.25, 0.3) is 0 Å². The van der Waals surface area contributed by atoms with E-state index in [0.717, 1.165) is 43.3 Å². The summed E-state index contributed by atoms with van der Waals surface area (Å²) >= 11 is 0. The Kier molecular flexibility index (Phi) is 9.44. The molecule has 0 fully saturated rings. The van der Waals surface area contributed by atoms with Crippen molar-refractivity contribution >= 4 is 11.9 Å². The van der Waals surface area contributed by atoms with Crippen LogP contribution in [0.1, 0.15) is 23.6 Å². The molecular weight excluding hydrogens is 452 g/mol. The zero-order chi connectivity index (χ0) is 25.0. The predicted octanol–water partition coefficient (Wildman–Crippen LogP) is 3.61. The monoisotopic (exact) mass is 480 g/mol. The average Bonchev–Trinajstić information content (AvgIpc) is 3.33. The lowest BCUT2D eigenvalue weighted by Crippen LogP contribution is -2.25. The van der Waals surface area contributed by atoms with Gasteiger partial charge >= 0.3 is 11.9 Å². The summed E-state index contributed by atoms with van der Waals surface area (Å²) in [4.78, 5) is 24.9. The lowest BCUT2D eigenvalue weighted by atomic mass is 10.1. The molecule has 0 bridgehead atoms. The number of carbonyl (C=O) groups is 2. The number of rotatable bonds is 9. The van der Waals surface area contributed by atoms with E-state index in [-0.39, 0.29) is 0 Å². The maximum Gasteiger partial charge on any atom is 0.414 e. The Labute approximate surface area is 203 Å². The molecule has 0 saturated heterocycles. The van der Waals surface area contributed by atoms with Crippen molar-refractivity contribution in [3.63, 3.8) is 0 Å². The predicted molar refractivity (Wildman–Crippen MR) is 128 cm³/mol. The number of aromatic nitrogens is 1. The summed E-state index contributed by atoms with van der Waals surface area (Å²) in [5.41, 5.74) is 3.73. The minimum atomic E-state index is -1.82. The van der Waals surface area contributed by atoms with Gasteiger partial charge < -0.3 is 24.4 Å². The first-order valence-electron chi connectivity index (χ1n) is 11.1. The van der Waals surface area contributed by atoms with Crippen LogP contribution in [0, 0.1) is 0 Å². The van der Waals surface area contributed by atoms with Gasteiger partial charge in [-0.3, -0.25) is 9.88 Å². The van der Waals surface area contributed by atoms with Crippen LogP contribution in [0.3, 0.4) is 0 Å². The highest BCUT2D eigenvalue weighted by Gasteiger charge is 2.14. The Balaban J connectivity index is 0.000000509. The van der Waals surface area contributed by atoms with Crippen molar-refractivity contribution in [1.82, 2.24) is 9.88 Å². The van der Waals surface area contributed by atoms with Crippen LogP contribution in [-0.4, -0.2) is 52.0 Å². The molecule has 1 aromatic heterocycles. The molecule has 0 saturated carbocycles. The highest BCUT2D eigenvalue weighted by molar-refractivity contribution is 6.27. The number of hydrogen-bond acceptors (Lipinski definition) is 7. The SMILES string of the molecule is CCOc1ccc(CN(CCc2ccc3c(c2)OCO3)Cc2cccnc2)cc1.O=C(O)C(=O)O. The summed E-state index contributed by atoms with van der Waals surface area (Å²) in [6.07, 6.45) is 4.69. The third-order valence-electron chi connectivity index (χ3n) is 5.11. The molecule has 3 aromatic rings. The fourth-order valence-corrected chi connectivity index (χ4v) is 3.46. The summed E-state index contributed by atoms with van der Waals surface area (Å²) in [6.45, 7) is 5.64. The summed E-state index contributed by atoms with van der Waals surface area (Å²) < 4.78 is 16.5. The van der Waals surface area contributed by atoms with Gasteiger partial charge in [0.05, 0.1) is 6.61 Å². The Morgan fingerprint density at radius 1 is 0.943 bits per heavy atom. The minimum Gasteiger partial charge on any atom is -0.494 e. The van der Waals surface area contributed by atoms with Gasteiger partial charge in [-0.15, -0.1) is 0 Å². The van der Waals surface area contributed by atoms with Crippen LogP contribution in [-0.2, 0) is 29.1 Å². The van der Waals surface area contributed by atoms with E-state index in [0.29, 0.717) is 13.4 Å². The molecule has 9 heteroatoms. The Hall–Kier alpha value is -4.11. The van der Waals surface area contributed by atoms with Crippen molar-refractivity contribution in [2.45, 2.75) is 26.4 Å². The average molecular weight is 481 g/mol. The van der Waals surface area contributed by atoms with Crippen molar-refractivity contribution in [2.75, 3.05) is 19.9 Å². The van der Waals surface area contributed by atoms with Gasteiger partial charge in [0.1, 0.15) is 5.75 Å². The van der Waals surface area contributed by atoms with Crippen LogP contribution in [0.5, 0.6) is 17.2 Å². The molecule has 35 heavy (non-hydrogen) atoms. The topological polar surface area (TPSA) is 118 Å². The Morgan fingerprint density at radius 3 is 2.29 bits per heavy atom. The smallest absolute Gasteiger partial charge is 0.414 e. The van der Waals surface area contributed by atoms with E-state index in [1.54, 1.807) is 0 Å². The number of ether oxygens (including phenoxy) is 3. The van der Waals surface area contributed by atoms with Crippen LogP contribution in [0.15, 0.2) is 67.0 Å². The van der Waals surface area contributed by atoms with Gasteiger partial charge in [-0.05, 0) is 60.4 Å². The molecular formula is C26H28N2O7. The van der Waals surface area contributed by atoms with Gasteiger partial charge in [0.2, 0.25) is 6.79 Å². The van der Waals surface area contributed by atoms with E-state index >= 15 is 0 Å². The number of hydrogen-bond donors (Lipinski definition) is 2. The highest BCUT2D eigenvalue weighted by Crippen LogP contribution is 2.32. The number of nitrogens with zero attached hydrogens (tertiary/aromatic N) is 2. The number of aliphatic carboxylic acids is 2. The Bertz CT molecular complexity index is 1090. The zero-order valence-corrected chi connectivity index (χ0v) is 19.4. The first-order valence-corrected chi connectivity index (χ1v) is 11.1. The van der Waals surface area contributed by atoms with Crippen LogP contribution in [0.2, 0.25) is 0 Å². The summed E-state index contributed by atoms with van der Waals surface area (Å²) in [7, 11) is 0. The molecule has 0 aliphatic carbocycles. The molecule has 184 valence electrons. The van der Waals surface area contributed by atoms with Gasteiger partial charge in [-0.25, -0.2) is 9.59 Å². The maximum atomic E-state index is 9.10. The second-order valence-corrected chi connectivity index (χ2v) is 7.70. The largest absolute Gasteiger partial charge is 0.494 e. The van der Waals surface area contributed by atoms with E-state index in [1.165, 1.54) is 16.7 Å². The Morgan fingerprint density at radius 2 is 1.63 bits per heavy atom. The number of pyridine rings is 1. The number of fused-ring (bicyclic) bond motifs is 1. The van der Waals surface area contributed by atoms with Crippen LogP contribution in [0.25, 0.3) is 0 Å². The molecule has 2 N–H and O–H groups in total. The van der Waals surface area contributed by atoms with Gasteiger partial charge in [-0.2, -0.15) is 0 Å². The number of benzene rings is 2. The summed E-state index contributed by atoms with van der Waals surface area (Å²) in [6, 6.07) is 18.7. The van der Waals surface area contributed by atoms with Crippen LogP contribution in [0.4, 0.5) is 0 Å². The lowest BCUT2D eigenvalue weighted by Gasteiger charge is -2.23. The third-order valence-corrected chi connectivity index (χ3v) is 5.11. The van der Waals surface area contributed by atoms with Gasteiger partial charge in [0, 0.05) is 32.0 Å². The maximum absolute atomic E-state index is 9.10. The van der Waals surface area contributed by atoms with Gasteiger partial charge in [0.15, 0.2) is 11.5 Å². The highest BCUT2D eigenvalue weighted by atomic mass is 16.7. The fourth-order valence-electron chi connectivity index (χ4n) is 3.46. The quantitative estimate of drug-likeness (QED) is 0.443. The van der Waals surface area contributed by atoms with Crippen LogP contribution < -0.4 is 14.2 Å². The first kappa shape index (κ1) is 25.5. The molecule has 0 spiro atoms. The normalized spacial score (nSPS) is 11.5. The first-order chi connectivity index (χ1) is 16.9. The second-order valence-electron chi connectivity index (χ2n) is 7.70. The number of carboxylic acid groups (broad SMARTS) is 2. The molecule has 4 rings (SSSR count). The molecule has 2 heterocycles. The molecule has 0 radical (unpaired) electrons. The number of carboxylic acids is 2. The van der Waals surface area contributed by atoms with E-state index in [4.69, 9.17) is 34.0 Å². The van der Waals surface area contributed by atoms with Crippen LogP contribution >= 0.6 is 0 Å². The molecule has 0 amide bonds. The standard InChI is InChI=1S/C24H26N2O3.C2H2O4/c1-2-27-22-8-5-20(6-9-22)16-26(17-21-4-3-12-25-15-21)13-11-19-7-10-23-24(14-19)29-18-28-23;3-1(4)2(5)6/h3-10,12,14-15H,2,11,13,16-18H2,1H3;(H,3,4)(H,5,6). The fraction of sp³-hybridized carbons (Fsp3) is 0.269. The van der Waals surface area contributed by atoms with E-state index < -0.39 is 11.9 Å². The van der Waals surface area contributed by atoms with E-state index in [2.05, 4.69) is 40.2 Å². The molecule has 1 aliphatic rings. The zero-order valence-electron chi connectivity index (χ0n) is 19.4. The summed E-state index contributed by atoms with van der Waals surface area (Å²) in [5, 5.41) is 14.8. The van der Waals surface area contributed by atoms with Crippen molar-refractivity contribution in [2.24, 2.45) is 0 Å². The summed E-state index contributed by atoms with van der Waals surface area (Å²) in [5.74, 6) is -1.07. The minimum absolute atomic E-state index is 0.309. The van der Waals surface area contributed by atoms with Crippen molar-refractivity contribution in [1.29, 1.82) is 0 Å². The second kappa shape index (κ2) is 13.0. The molecule has 0 atom stereocenters. The molecule has 2 aromatic carbocycles. The molecule has 1 aliphatic heterocycles.